The van der Waals surface area contributed by atoms with Crippen molar-refractivity contribution in [2.24, 2.45) is 0 Å². The van der Waals surface area contributed by atoms with E-state index in [1.54, 1.807) is 31.4 Å². The lowest BCUT2D eigenvalue weighted by atomic mass is 10.2. The van der Waals surface area contributed by atoms with Crippen LogP contribution in [0.25, 0.3) is 0 Å². The largest absolute Gasteiger partial charge is 0.391 e. The Balaban J connectivity index is 2.21. The van der Waals surface area contributed by atoms with Crippen molar-refractivity contribution in [1.29, 1.82) is 0 Å². The Labute approximate surface area is 121 Å². The van der Waals surface area contributed by atoms with E-state index in [1.807, 2.05) is 6.07 Å². The highest BCUT2D eigenvalue weighted by Gasteiger charge is 2.16. The maximum absolute atomic E-state index is 12.2. The summed E-state index contributed by atoms with van der Waals surface area (Å²) in [5, 5.41) is 8.98. The number of methoxy groups -OCH3 is 1. The molecule has 0 amide bonds. The number of thiophene rings is 1. The van der Waals surface area contributed by atoms with Crippen LogP contribution in [0.4, 0.5) is 5.69 Å². The smallest absolute Gasteiger partial charge is 0.271 e. The molecule has 2 rings (SSSR count). The number of rotatable bonds is 6. The molecule has 0 aliphatic carbocycles. The summed E-state index contributed by atoms with van der Waals surface area (Å²) in [7, 11) is -2.04. The highest BCUT2D eigenvalue weighted by atomic mass is 32.2. The minimum Gasteiger partial charge on any atom is -0.391 e. The van der Waals surface area contributed by atoms with E-state index in [1.165, 1.54) is 6.07 Å². The van der Waals surface area contributed by atoms with E-state index in [0.717, 1.165) is 16.9 Å². The molecule has 20 heavy (non-hydrogen) atoms. The molecule has 1 aromatic heterocycles. The SMILES string of the molecule is COCc1cccc(NS(=O)(=O)c2ccc(CO)s2)c1. The number of ether oxygens (including phenoxy) is 1. The summed E-state index contributed by atoms with van der Waals surface area (Å²) in [5.41, 5.74) is 1.37. The lowest BCUT2D eigenvalue weighted by Gasteiger charge is -2.08. The third kappa shape index (κ3) is 3.57. The number of sulfonamides is 1. The van der Waals surface area contributed by atoms with Crippen LogP contribution in [0.1, 0.15) is 10.4 Å². The third-order valence-corrected chi connectivity index (χ3v) is 5.49. The summed E-state index contributed by atoms with van der Waals surface area (Å²) >= 11 is 1.05. The number of hydrogen-bond donors (Lipinski definition) is 2. The Morgan fingerprint density at radius 2 is 2.10 bits per heavy atom. The number of aliphatic hydroxyl groups is 1. The molecular formula is C13H15NO4S2. The zero-order valence-electron chi connectivity index (χ0n) is 10.9. The van der Waals surface area contributed by atoms with Gasteiger partial charge in [-0.05, 0) is 29.8 Å². The van der Waals surface area contributed by atoms with E-state index in [0.29, 0.717) is 17.2 Å². The van der Waals surface area contributed by atoms with Gasteiger partial charge in [0.1, 0.15) is 4.21 Å². The lowest BCUT2D eigenvalue weighted by molar-refractivity contribution is 0.185. The number of aliphatic hydroxyl groups excluding tert-OH is 1. The monoisotopic (exact) mass is 313 g/mol. The van der Waals surface area contributed by atoms with Crippen molar-refractivity contribution in [2.45, 2.75) is 17.4 Å². The molecule has 108 valence electrons. The fourth-order valence-electron chi connectivity index (χ4n) is 1.68. The zero-order valence-corrected chi connectivity index (χ0v) is 12.5. The molecule has 0 saturated carbocycles. The van der Waals surface area contributed by atoms with E-state index in [4.69, 9.17) is 9.84 Å². The Morgan fingerprint density at radius 3 is 2.75 bits per heavy atom. The van der Waals surface area contributed by atoms with Crippen LogP contribution in [0.3, 0.4) is 0 Å². The molecule has 0 aliphatic rings. The van der Waals surface area contributed by atoms with Crippen LogP contribution in [0.2, 0.25) is 0 Å². The molecule has 0 unspecified atom stereocenters. The predicted molar refractivity (Wildman–Crippen MR) is 78.2 cm³/mol. The van der Waals surface area contributed by atoms with Crippen molar-refractivity contribution in [3.05, 3.63) is 46.8 Å². The second-order valence-corrected chi connectivity index (χ2v) is 7.20. The molecular weight excluding hydrogens is 298 g/mol. The van der Waals surface area contributed by atoms with Gasteiger partial charge in [-0.3, -0.25) is 4.72 Å². The Hall–Kier alpha value is -1.41. The molecule has 0 radical (unpaired) electrons. The maximum Gasteiger partial charge on any atom is 0.271 e. The van der Waals surface area contributed by atoms with Crippen LogP contribution in [-0.4, -0.2) is 20.6 Å². The van der Waals surface area contributed by atoms with E-state index in [2.05, 4.69) is 4.72 Å². The van der Waals surface area contributed by atoms with Gasteiger partial charge in [0, 0.05) is 17.7 Å². The molecule has 0 spiro atoms. The highest BCUT2D eigenvalue weighted by Crippen LogP contribution is 2.24. The van der Waals surface area contributed by atoms with Crippen LogP contribution in [0.5, 0.6) is 0 Å². The standard InChI is InChI=1S/C13H15NO4S2/c1-18-9-10-3-2-4-11(7-10)14-20(16,17)13-6-5-12(8-15)19-13/h2-7,14-15H,8-9H2,1H3. The van der Waals surface area contributed by atoms with Crippen molar-refractivity contribution in [1.82, 2.24) is 0 Å². The quantitative estimate of drug-likeness (QED) is 0.857. The second kappa shape index (κ2) is 6.36. The van der Waals surface area contributed by atoms with Gasteiger partial charge in [0.05, 0.1) is 13.2 Å². The first-order chi connectivity index (χ1) is 9.55. The Morgan fingerprint density at radius 1 is 1.30 bits per heavy atom. The summed E-state index contributed by atoms with van der Waals surface area (Å²) in [6, 6.07) is 10.1. The summed E-state index contributed by atoms with van der Waals surface area (Å²) in [4.78, 5) is 0.610. The van der Waals surface area contributed by atoms with Gasteiger partial charge in [0.25, 0.3) is 10.0 Å². The molecule has 0 fully saturated rings. The molecule has 2 aromatic rings. The maximum atomic E-state index is 12.2. The highest BCUT2D eigenvalue weighted by molar-refractivity contribution is 7.94. The van der Waals surface area contributed by atoms with Crippen LogP contribution in [-0.2, 0) is 28.0 Å². The van der Waals surface area contributed by atoms with Gasteiger partial charge in [-0.1, -0.05) is 12.1 Å². The van der Waals surface area contributed by atoms with Gasteiger partial charge in [0.15, 0.2) is 0 Å². The van der Waals surface area contributed by atoms with Crippen molar-refractivity contribution in [2.75, 3.05) is 11.8 Å². The first-order valence-corrected chi connectivity index (χ1v) is 8.15. The minimum absolute atomic E-state index is 0.163. The van der Waals surface area contributed by atoms with Crippen LogP contribution in [0.15, 0.2) is 40.6 Å². The molecule has 0 saturated heterocycles. The van der Waals surface area contributed by atoms with E-state index in [-0.39, 0.29) is 10.8 Å². The number of anilines is 1. The first kappa shape index (κ1) is 15.0. The van der Waals surface area contributed by atoms with Crippen molar-refractivity contribution in [3.63, 3.8) is 0 Å². The first-order valence-electron chi connectivity index (χ1n) is 5.85. The van der Waals surface area contributed by atoms with Gasteiger partial charge in [0.2, 0.25) is 0 Å². The fraction of sp³-hybridized carbons (Fsp3) is 0.231. The van der Waals surface area contributed by atoms with Crippen molar-refractivity contribution < 1.29 is 18.3 Å². The minimum atomic E-state index is -3.62. The van der Waals surface area contributed by atoms with Crippen LogP contribution >= 0.6 is 11.3 Å². The van der Waals surface area contributed by atoms with Crippen molar-refractivity contribution in [3.8, 4) is 0 Å². The number of nitrogens with one attached hydrogen (secondary N) is 1. The molecule has 0 bridgehead atoms. The second-order valence-electron chi connectivity index (χ2n) is 4.12. The van der Waals surface area contributed by atoms with Gasteiger partial charge < -0.3 is 9.84 Å². The molecule has 0 aliphatic heterocycles. The average molecular weight is 313 g/mol. The summed E-state index contributed by atoms with van der Waals surface area (Å²) < 4.78 is 32.1. The topological polar surface area (TPSA) is 75.6 Å². The zero-order chi connectivity index (χ0) is 14.6. The Bertz CT molecular complexity index is 679. The van der Waals surface area contributed by atoms with Crippen LogP contribution in [0, 0.1) is 0 Å². The number of benzene rings is 1. The molecule has 0 atom stereocenters. The summed E-state index contributed by atoms with van der Waals surface area (Å²) in [6.45, 7) is 0.257. The van der Waals surface area contributed by atoms with E-state index >= 15 is 0 Å². The van der Waals surface area contributed by atoms with Gasteiger partial charge in [-0.25, -0.2) is 8.42 Å². The predicted octanol–water partition coefficient (Wildman–Crippen LogP) is 2.19. The molecule has 1 heterocycles. The third-order valence-electron chi connectivity index (χ3n) is 2.55. The normalized spacial score (nSPS) is 11.5. The molecule has 1 aromatic carbocycles. The van der Waals surface area contributed by atoms with Gasteiger partial charge in [-0.2, -0.15) is 0 Å². The Kier molecular flexibility index (Phi) is 4.77. The van der Waals surface area contributed by atoms with Crippen LogP contribution < -0.4 is 4.72 Å². The fourth-order valence-corrected chi connectivity index (χ4v) is 3.95. The lowest BCUT2D eigenvalue weighted by Crippen LogP contribution is -2.11. The molecule has 2 N–H and O–H groups in total. The number of hydrogen-bond acceptors (Lipinski definition) is 5. The van der Waals surface area contributed by atoms with Gasteiger partial charge in [-0.15, -0.1) is 11.3 Å². The van der Waals surface area contributed by atoms with Crippen molar-refractivity contribution >= 4 is 27.0 Å². The summed E-state index contributed by atoms with van der Waals surface area (Å²) in [6.07, 6.45) is 0. The molecule has 5 nitrogen and oxygen atoms in total. The van der Waals surface area contributed by atoms with Gasteiger partial charge >= 0.3 is 0 Å². The average Bonchev–Trinajstić information content (AvgIpc) is 2.88. The van der Waals surface area contributed by atoms with E-state index < -0.39 is 10.0 Å². The van der Waals surface area contributed by atoms with E-state index in [9.17, 15) is 8.42 Å². The summed E-state index contributed by atoms with van der Waals surface area (Å²) in [5.74, 6) is 0. The molecule has 7 heteroatoms.